The largest absolute Gasteiger partial charge is 0.455 e. The molecule has 4 nitrogen and oxygen atoms in total. The van der Waals surface area contributed by atoms with Gasteiger partial charge in [-0.25, -0.2) is 0 Å². The van der Waals surface area contributed by atoms with Crippen LogP contribution in [0.15, 0.2) is 24.3 Å². The third kappa shape index (κ3) is 5.38. The molecule has 122 valence electrons. The fraction of sp³-hybridized carbons (Fsp3) is 0.467. The van der Waals surface area contributed by atoms with Gasteiger partial charge in [0.15, 0.2) is 6.61 Å². The number of nitrogens with one attached hydrogen (secondary N) is 1. The summed E-state index contributed by atoms with van der Waals surface area (Å²) in [6.45, 7) is 3.14. The van der Waals surface area contributed by atoms with Gasteiger partial charge in [-0.3, -0.25) is 9.59 Å². The summed E-state index contributed by atoms with van der Waals surface area (Å²) in [5.74, 6) is -1.44. The predicted octanol–water partition coefficient (Wildman–Crippen LogP) is 3.62. The second-order valence-electron chi connectivity index (χ2n) is 4.75. The van der Waals surface area contributed by atoms with E-state index in [-0.39, 0.29) is 11.6 Å². The van der Waals surface area contributed by atoms with E-state index in [0.717, 1.165) is 12.1 Å². The van der Waals surface area contributed by atoms with Crippen LogP contribution in [0.1, 0.15) is 32.3 Å². The zero-order valence-electron chi connectivity index (χ0n) is 12.4. The Labute approximate surface area is 126 Å². The maximum Gasteiger partial charge on any atom is 0.416 e. The molecule has 0 aliphatic carbocycles. The molecular weight excluding hydrogens is 299 g/mol. The molecule has 22 heavy (non-hydrogen) atoms. The molecule has 0 saturated heterocycles. The Morgan fingerprint density at radius 1 is 1.23 bits per heavy atom. The van der Waals surface area contributed by atoms with Crippen molar-refractivity contribution in [2.24, 2.45) is 5.92 Å². The number of amides is 1. The quantitative estimate of drug-likeness (QED) is 0.815. The van der Waals surface area contributed by atoms with E-state index in [1.807, 2.05) is 13.8 Å². The molecule has 1 amide bonds. The number of carbonyl (C=O) groups is 2. The molecule has 0 radical (unpaired) electrons. The van der Waals surface area contributed by atoms with Crippen LogP contribution in [0.5, 0.6) is 0 Å². The van der Waals surface area contributed by atoms with Crippen molar-refractivity contribution in [1.29, 1.82) is 0 Å². The number of alkyl halides is 3. The average molecular weight is 317 g/mol. The standard InChI is InChI=1S/C15H18F3NO3/c1-3-10(4-2)14(21)22-9-13(20)19-12-7-5-6-11(8-12)15(16,17)18/h5-8,10H,3-4,9H2,1-2H3,(H,19,20). The molecule has 1 aromatic carbocycles. The van der Waals surface area contributed by atoms with Crippen LogP contribution in [0.3, 0.4) is 0 Å². The van der Waals surface area contributed by atoms with Gasteiger partial charge < -0.3 is 10.1 Å². The first-order valence-electron chi connectivity index (χ1n) is 6.91. The van der Waals surface area contributed by atoms with Crippen LogP contribution < -0.4 is 5.32 Å². The molecule has 1 rings (SSSR count). The molecule has 0 spiro atoms. The number of hydrogen-bond donors (Lipinski definition) is 1. The van der Waals surface area contributed by atoms with Crippen LogP contribution in [-0.2, 0) is 20.5 Å². The van der Waals surface area contributed by atoms with E-state index in [0.29, 0.717) is 12.8 Å². The molecule has 1 N–H and O–H groups in total. The van der Waals surface area contributed by atoms with Crippen LogP contribution in [0, 0.1) is 5.92 Å². The smallest absolute Gasteiger partial charge is 0.416 e. The van der Waals surface area contributed by atoms with Gasteiger partial charge in [0.05, 0.1) is 11.5 Å². The highest BCUT2D eigenvalue weighted by Crippen LogP contribution is 2.30. The second kappa shape index (κ2) is 7.82. The van der Waals surface area contributed by atoms with Gasteiger partial charge in [0, 0.05) is 5.69 Å². The lowest BCUT2D eigenvalue weighted by Crippen LogP contribution is -2.24. The molecule has 0 aromatic heterocycles. The number of benzene rings is 1. The summed E-state index contributed by atoms with van der Waals surface area (Å²) in [5, 5.41) is 2.27. The van der Waals surface area contributed by atoms with Gasteiger partial charge in [-0.15, -0.1) is 0 Å². The van der Waals surface area contributed by atoms with E-state index in [1.165, 1.54) is 12.1 Å². The highest BCUT2D eigenvalue weighted by molar-refractivity contribution is 5.93. The highest BCUT2D eigenvalue weighted by atomic mass is 19.4. The number of hydrogen-bond acceptors (Lipinski definition) is 3. The topological polar surface area (TPSA) is 55.4 Å². The van der Waals surface area contributed by atoms with Crippen molar-refractivity contribution in [3.8, 4) is 0 Å². The van der Waals surface area contributed by atoms with Crippen LogP contribution in [0.25, 0.3) is 0 Å². The Morgan fingerprint density at radius 3 is 2.41 bits per heavy atom. The van der Waals surface area contributed by atoms with E-state index >= 15 is 0 Å². The Bertz CT molecular complexity index is 525. The van der Waals surface area contributed by atoms with E-state index in [1.54, 1.807) is 0 Å². The zero-order valence-corrected chi connectivity index (χ0v) is 12.4. The first kappa shape index (κ1) is 18.0. The van der Waals surface area contributed by atoms with Crippen LogP contribution in [0.4, 0.5) is 18.9 Å². The fourth-order valence-electron chi connectivity index (χ4n) is 1.85. The van der Waals surface area contributed by atoms with Gasteiger partial charge in [0.1, 0.15) is 0 Å². The zero-order chi connectivity index (χ0) is 16.8. The molecule has 0 heterocycles. The lowest BCUT2D eigenvalue weighted by Gasteiger charge is -2.12. The fourth-order valence-corrected chi connectivity index (χ4v) is 1.85. The van der Waals surface area contributed by atoms with E-state index < -0.39 is 30.2 Å². The van der Waals surface area contributed by atoms with Crippen molar-refractivity contribution < 1.29 is 27.5 Å². The molecule has 0 aliphatic heterocycles. The van der Waals surface area contributed by atoms with Crippen LogP contribution in [0.2, 0.25) is 0 Å². The summed E-state index contributed by atoms with van der Waals surface area (Å²) >= 11 is 0. The molecular formula is C15H18F3NO3. The Hall–Kier alpha value is -2.05. The predicted molar refractivity (Wildman–Crippen MR) is 75.1 cm³/mol. The highest BCUT2D eigenvalue weighted by Gasteiger charge is 2.30. The second-order valence-corrected chi connectivity index (χ2v) is 4.75. The van der Waals surface area contributed by atoms with Crippen molar-refractivity contribution in [2.75, 3.05) is 11.9 Å². The molecule has 0 aliphatic rings. The third-order valence-electron chi connectivity index (χ3n) is 3.14. The van der Waals surface area contributed by atoms with Gasteiger partial charge in [0.2, 0.25) is 0 Å². The maximum atomic E-state index is 12.5. The molecule has 0 bridgehead atoms. The maximum absolute atomic E-state index is 12.5. The monoisotopic (exact) mass is 317 g/mol. The van der Waals surface area contributed by atoms with Crippen molar-refractivity contribution in [3.63, 3.8) is 0 Å². The van der Waals surface area contributed by atoms with Crippen molar-refractivity contribution >= 4 is 17.6 Å². The third-order valence-corrected chi connectivity index (χ3v) is 3.14. The molecule has 0 saturated carbocycles. The summed E-state index contributed by atoms with van der Waals surface area (Å²) < 4.78 is 42.5. The van der Waals surface area contributed by atoms with E-state index in [2.05, 4.69) is 5.32 Å². The van der Waals surface area contributed by atoms with Crippen molar-refractivity contribution in [2.45, 2.75) is 32.9 Å². The number of halogens is 3. The molecule has 0 atom stereocenters. The minimum absolute atomic E-state index is 0.00147. The number of ether oxygens (including phenoxy) is 1. The lowest BCUT2D eigenvalue weighted by molar-refractivity contribution is -0.151. The Morgan fingerprint density at radius 2 is 1.86 bits per heavy atom. The molecule has 0 unspecified atom stereocenters. The first-order valence-corrected chi connectivity index (χ1v) is 6.91. The number of carbonyl (C=O) groups excluding carboxylic acids is 2. The summed E-state index contributed by atoms with van der Waals surface area (Å²) in [5.41, 5.74) is -0.863. The molecule has 7 heteroatoms. The van der Waals surface area contributed by atoms with Crippen LogP contribution in [-0.4, -0.2) is 18.5 Å². The summed E-state index contributed by atoms with van der Waals surface area (Å²) in [6.07, 6.45) is -3.28. The molecule has 0 fully saturated rings. The Kier molecular flexibility index (Phi) is 6.39. The van der Waals surface area contributed by atoms with Gasteiger partial charge in [-0.2, -0.15) is 13.2 Å². The first-order chi connectivity index (χ1) is 10.3. The SMILES string of the molecule is CCC(CC)C(=O)OCC(=O)Nc1cccc(C(F)(F)F)c1. The number of rotatable bonds is 6. The normalized spacial score (nSPS) is 11.4. The van der Waals surface area contributed by atoms with E-state index in [4.69, 9.17) is 4.74 Å². The lowest BCUT2D eigenvalue weighted by atomic mass is 10.0. The minimum Gasteiger partial charge on any atom is -0.455 e. The summed E-state index contributed by atoms with van der Waals surface area (Å²) in [7, 11) is 0. The van der Waals surface area contributed by atoms with Crippen LogP contribution >= 0.6 is 0 Å². The average Bonchev–Trinajstić information content (AvgIpc) is 2.46. The molecule has 1 aromatic rings. The number of anilines is 1. The van der Waals surface area contributed by atoms with Crippen molar-refractivity contribution in [3.05, 3.63) is 29.8 Å². The number of esters is 1. The van der Waals surface area contributed by atoms with E-state index in [9.17, 15) is 22.8 Å². The van der Waals surface area contributed by atoms with Gasteiger partial charge >= 0.3 is 12.1 Å². The summed E-state index contributed by atoms with van der Waals surface area (Å²) in [4.78, 5) is 23.2. The Balaban J connectivity index is 2.57. The van der Waals surface area contributed by atoms with Crippen molar-refractivity contribution in [1.82, 2.24) is 0 Å². The van der Waals surface area contributed by atoms with Gasteiger partial charge in [0.25, 0.3) is 5.91 Å². The van der Waals surface area contributed by atoms with Gasteiger partial charge in [-0.1, -0.05) is 19.9 Å². The van der Waals surface area contributed by atoms with Gasteiger partial charge in [-0.05, 0) is 31.0 Å². The minimum atomic E-state index is -4.48. The summed E-state index contributed by atoms with van der Waals surface area (Å²) in [6, 6.07) is 4.24.